The lowest BCUT2D eigenvalue weighted by Gasteiger charge is -2.23. The zero-order chi connectivity index (χ0) is 34.4. The van der Waals surface area contributed by atoms with Gasteiger partial charge in [0.15, 0.2) is 10.1 Å². The number of fused-ring (bicyclic) bond motifs is 2. The van der Waals surface area contributed by atoms with Crippen LogP contribution in [0.25, 0.3) is 22.2 Å². The normalized spacial score (nSPS) is 15.7. The number of nitrogens with zero attached hydrogens (tertiary/aromatic N) is 5. The highest BCUT2D eigenvalue weighted by molar-refractivity contribution is 8.00. The van der Waals surface area contributed by atoms with Gasteiger partial charge in [0, 0.05) is 11.9 Å². The van der Waals surface area contributed by atoms with Gasteiger partial charge in [0.25, 0.3) is 5.78 Å². The van der Waals surface area contributed by atoms with Crippen LogP contribution in [0.4, 0.5) is 5.13 Å². The molecule has 1 saturated heterocycles. The molecule has 0 aliphatic carbocycles. The largest absolute Gasteiger partial charge is 0.505 e. The quantitative estimate of drug-likeness (QED) is 0.0553. The fourth-order valence-electron chi connectivity index (χ4n) is 6.31. The van der Waals surface area contributed by atoms with Crippen molar-refractivity contribution in [2.45, 2.75) is 30.0 Å². The predicted octanol–water partition coefficient (Wildman–Crippen LogP) is 8.67. The van der Waals surface area contributed by atoms with Crippen molar-refractivity contribution in [1.29, 1.82) is 0 Å². The molecular weight excluding hydrogens is 667 g/mol. The van der Waals surface area contributed by atoms with Gasteiger partial charge >= 0.3 is 5.91 Å². The van der Waals surface area contributed by atoms with E-state index in [0.717, 1.165) is 21.9 Å². The van der Waals surface area contributed by atoms with Crippen molar-refractivity contribution in [3.63, 3.8) is 0 Å². The average molecular weight is 696 g/mol. The molecule has 0 bridgehead atoms. The van der Waals surface area contributed by atoms with Crippen molar-refractivity contribution in [3.8, 4) is 11.5 Å². The number of hydrogen-bond donors (Lipinski definition) is 1. The maximum atomic E-state index is 14.0. The molecule has 1 aliphatic rings. The first-order valence-corrected chi connectivity index (χ1v) is 17.7. The van der Waals surface area contributed by atoms with Crippen molar-refractivity contribution in [2.24, 2.45) is 0 Å². The van der Waals surface area contributed by atoms with E-state index in [1.807, 2.05) is 85.1 Å². The van der Waals surface area contributed by atoms with Gasteiger partial charge in [0.1, 0.15) is 22.8 Å². The molecule has 1 aliphatic heterocycles. The third-order valence-electron chi connectivity index (χ3n) is 8.74. The van der Waals surface area contributed by atoms with Gasteiger partial charge in [-0.05, 0) is 71.6 Å². The number of aliphatic hydroxyl groups is 1. The number of pyridine rings is 1. The summed E-state index contributed by atoms with van der Waals surface area (Å²) < 4.78 is 8.62. The maximum Gasteiger partial charge on any atom is 0.301 e. The fourth-order valence-corrected chi connectivity index (χ4v) is 8.18. The van der Waals surface area contributed by atoms with Crippen LogP contribution < -0.4 is 9.64 Å². The number of aromatic nitrogens is 4. The number of benzene rings is 4. The molecule has 50 heavy (non-hydrogen) atoms. The Hall–Kier alpha value is -5.78. The number of hydrogen-bond acceptors (Lipinski definition) is 9. The number of carbonyl (C=O) groups is 2. The summed E-state index contributed by atoms with van der Waals surface area (Å²) in [6.07, 6.45) is 1.85. The number of aryl methyl sites for hydroxylation is 2. The molecule has 1 fully saturated rings. The van der Waals surface area contributed by atoms with Crippen molar-refractivity contribution >= 4 is 62.1 Å². The monoisotopic (exact) mass is 695 g/mol. The number of thioether (sulfide) groups is 1. The van der Waals surface area contributed by atoms with Crippen LogP contribution in [0.3, 0.4) is 0 Å². The van der Waals surface area contributed by atoms with Crippen molar-refractivity contribution in [3.05, 3.63) is 149 Å². The summed E-state index contributed by atoms with van der Waals surface area (Å²) >= 11 is 2.73. The van der Waals surface area contributed by atoms with Gasteiger partial charge in [-0.25, -0.2) is 4.98 Å². The number of Topliss-reactive ketones (excluding diaryl/α,β-unsaturated/α-hetero) is 1. The van der Waals surface area contributed by atoms with Gasteiger partial charge in [-0.1, -0.05) is 102 Å². The zero-order valence-electron chi connectivity index (χ0n) is 27.0. The zero-order valence-corrected chi connectivity index (χ0v) is 28.6. The summed E-state index contributed by atoms with van der Waals surface area (Å²) in [5.74, 6) is -0.237. The minimum Gasteiger partial charge on any atom is -0.505 e. The predicted molar refractivity (Wildman–Crippen MR) is 196 cm³/mol. The molecule has 0 saturated carbocycles. The lowest BCUT2D eigenvalue weighted by molar-refractivity contribution is -0.132. The smallest absolute Gasteiger partial charge is 0.301 e. The highest BCUT2D eigenvalue weighted by atomic mass is 32.2. The molecule has 246 valence electrons. The number of imidazole rings is 1. The summed E-state index contributed by atoms with van der Waals surface area (Å²) in [6, 6.07) is 33.7. The van der Waals surface area contributed by atoms with E-state index < -0.39 is 17.7 Å². The second-order valence-corrected chi connectivity index (χ2v) is 14.0. The number of amides is 1. The van der Waals surface area contributed by atoms with Crippen LogP contribution >= 0.6 is 23.1 Å². The molecule has 11 heteroatoms. The Balaban J connectivity index is 1.21. The van der Waals surface area contributed by atoms with Gasteiger partial charge in [-0.2, -0.15) is 0 Å². The topological polar surface area (TPSA) is 110 Å². The minimum absolute atomic E-state index is 0.0869. The highest BCUT2D eigenvalue weighted by Gasteiger charge is 2.49. The first kappa shape index (κ1) is 31.5. The highest BCUT2D eigenvalue weighted by Crippen LogP contribution is 2.45. The van der Waals surface area contributed by atoms with Gasteiger partial charge in [0.2, 0.25) is 5.13 Å². The molecule has 7 aromatic rings. The van der Waals surface area contributed by atoms with Crippen LogP contribution in [0.2, 0.25) is 0 Å². The van der Waals surface area contributed by atoms with Gasteiger partial charge < -0.3 is 14.2 Å². The van der Waals surface area contributed by atoms with Gasteiger partial charge in [-0.15, -0.1) is 10.2 Å². The van der Waals surface area contributed by atoms with Crippen LogP contribution in [-0.2, 0) is 15.3 Å². The van der Waals surface area contributed by atoms with E-state index >= 15 is 0 Å². The van der Waals surface area contributed by atoms with E-state index in [1.165, 1.54) is 28.0 Å². The van der Waals surface area contributed by atoms with Crippen molar-refractivity contribution in [1.82, 2.24) is 19.6 Å². The molecule has 1 unspecified atom stereocenters. The summed E-state index contributed by atoms with van der Waals surface area (Å²) in [6.45, 7) is 3.74. The minimum atomic E-state index is -1.02. The molecule has 4 heterocycles. The van der Waals surface area contributed by atoms with Crippen molar-refractivity contribution in [2.75, 3.05) is 4.90 Å². The first-order valence-electron chi connectivity index (χ1n) is 15.9. The molecule has 3 aromatic heterocycles. The standard InChI is InChI=1S/C39H29N5O4S2/c1-23-11-10-20-43-24(2)32(40-36(23)43)34(45)31-33(26-14-9-18-29(21-26)48-28-16-4-3-5-17-28)44(37(47)35(31)46)38-41-42-39(50-38)49-22-27-15-8-13-25-12-6-7-19-30(25)27/h3-21,33,45H,22H2,1-2H3/b34-31+. The Labute approximate surface area is 295 Å². The van der Waals surface area contributed by atoms with Gasteiger partial charge in [0.05, 0.1) is 17.3 Å². The summed E-state index contributed by atoms with van der Waals surface area (Å²) in [4.78, 5) is 34.0. The van der Waals surface area contributed by atoms with Crippen LogP contribution in [0.1, 0.15) is 34.1 Å². The molecule has 1 N–H and O–H groups in total. The fraction of sp³-hybridized carbons (Fsp3) is 0.103. The van der Waals surface area contributed by atoms with E-state index in [-0.39, 0.29) is 22.2 Å². The van der Waals surface area contributed by atoms with E-state index in [1.54, 1.807) is 24.3 Å². The Morgan fingerprint density at radius 2 is 1.64 bits per heavy atom. The SMILES string of the molecule is Cc1cccn2c(C)c(/C(O)=C3\C(=O)C(=O)N(c4nnc(SCc5cccc6ccccc56)s4)C3c3cccc(Oc4ccccc4)c3)nc12. The summed E-state index contributed by atoms with van der Waals surface area (Å²) in [5, 5.41) is 23.3. The maximum absolute atomic E-state index is 14.0. The number of aliphatic hydroxyl groups excluding tert-OH is 1. The third kappa shape index (κ3) is 5.60. The van der Waals surface area contributed by atoms with E-state index in [2.05, 4.69) is 34.5 Å². The molecule has 9 nitrogen and oxygen atoms in total. The number of para-hydroxylation sites is 1. The van der Waals surface area contributed by atoms with Gasteiger partial charge in [-0.3, -0.25) is 14.5 Å². The third-order valence-corrected chi connectivity index (χ3v) is 10.8. The van der Waals surface area contributed by atoms with E-state index in [0.29, 0.717) is 38.5 Å². The first-order chi connectivity index (χ1) is 24.4. The average Bonchev–Trinajstić information content (AvgIpc) is 3.82. The Morgan fingerprint density at radius 3 is 2.48 bits per heavy atom. The Bertz CT molecular complexity index is 2470. The molecule has 0 spiro atoms. The number of ether oxygens (including phenoxy) is 1. The number of carbonyl (C=O) groups excluding carboxylic acids is 2. The second-order valence-electron chi connectivity index (χ2n) is 11.9. The lowest BCUT2D eigenvalue weighted by Crippen LogP contribution is -2.29. The summed E-state index contributed by atoms with van der Waals surface area (Å²) in [5.41, 5.74) is 4.03. The van der Waals surface area contributed by atoms with Crippen LogP contribution in [0.15, 0.2) is 125 Å². The molecular formula is C39H29N5O4S2. The summed E-state index contributed by atoms with van der Waals surface area (Å²) in [7, 11) is 0. The van der Waals surface area contributed by atoms with E-state index in [9.17, 15) is 14.7 Å². The molecule has 4 aromatic carbocycles. The van der Waals surface area contributed by atoms with E-state index in [4.69, 9.17) is 9.72 Å². The lowest BCUT2D eigenvalue weighted by atomic mass is 9.96. The second kappa shape index (κ2) is 12.9. The van der Waals surface area contributed by atoms with Crippen LogP contribution in [0.5, 0.6) is 11.5 Å². The number of anilines is 1. The Kier molecular flexibility index (Phi) is 8.14. The molecule has 0 radical (unpaired) electrons. The number of ketones is 1. The molecule has 1 amide bonds. The van der Waals surface area contributed by atoms with Crippen LogP contribution in [0, 0.1) is 13.8 Å². The molecule has 8 rings (SSSR count). The van der Waals surface area contributed by atoms with Crippen molar-refractivity contribution < 1.29 is 19.4 Å². The Morgan fingerprint density at radius 1 is 0.880 bits per heavy atom. The molecule has 1 atom stereocenters. The number of rotatable bonds is 8. The van der Waals surface area contributed by atoms with Crippen LogP contribution in [-0.4, -0.2) is 36.4 Å².